The maximum atomic E-state index is 11.9. The van der Waals surface area contributed by atoms with Crippen LogP contribution in [-0.4, -0.2) is 13.4 Å². The summed E-state index contributed by atoms with van der Waals surface area (Å²) < 4.78 is 26.6. The predicted molar refractivity (Wildman–Crippen MR) is 64.1 cm³/mol. The van der Waals surface area contributed by atoms with Crippen LogP contribution in [0.15, 0.2) is 40.9 Å². The first-order chi connectivity index (χ1) is 7.58. The number of aryl methyl sites for hydroxylation is 1. The first-order valence-corrected chi connectivity index (χ1v) is 6.87. The summed E-state index contributed by atoms with van der Waals surface area (Å²) in [6.07, 6.45) is 3.06. The van der Waals surface area contributed by atoms with E-state index in [2.05, 4.69) is 9.71 Å². The van der Waals surface area contributed by atoms with Gasteiger partial charge < -0.3 is 0 Å². The number of hydrogen-bond donors (Lipinski definition) is 1. The average Bonchev–Trinajstić information content (AvgIpc) is 2.66. The van der Waals surface area contributed by atoms with Crippen LogP contribution in [0.1, 0.15) is 4.88 Å². The van der Waals surface area contributed by atoms with Gasteiger partial charge in [-0.2, -0.15) is 0 Å². The Balaban J connectivity index is 2.28. The van der Waals surface area contributed by atoms with Gasteiger partial charge in [0.1, 0.15) is 4.21 Å². The number of nitrogens with zero attached hydrogens (tertiary/aromatic N) is 1. The Bertz CT molecular complexity index is 576. The van der Waals surface area contributed by atoms with E-state index in [4.69, 9.17) is 0 Å². The molecule has 0 saturated carbocycles. The summed E-state index contributed by atoms with van der Waals surface area (Å²) in [5.74, 6) is 0. The van der Waals surface area contributed by atoms with E-state index in [9.17, 15) is 8.42 Å². The van der Waals surface area contributed by atoms with E-state index in [1.807, 2.05) is 6.92 Å². The molecule has 0 aromatic carbocycles. The third-order valence-corrected chi connectivity index (χ3v) is 4.77. The topological polar surface area (TPSA) is 59.1 Å². The molecule has 16 heavy (non-hydrogen) atoms. The van der Waals surface area contributed by atoms with Crippen molar-refractivity contribution in [3.63, 3.8) is 0 Å². The van der Waals surface area contributed by atoms with Gasteiger partial charge in [0.15, 0.2) is 0 Å². The molecule has 0 fully saturated rings. The third-order valence-electron chi connectivity index (χ3n) is 1.89. The second-order valence-corrected chi connectivity index (χ2v) is 6.41. The van der Waals surface area contributed by atoms with Crippen LogP contribution in [0.2, 0.25) is 0 Å². The van der Waals surface area contributed by atoms with E-state index in [-0.39, 0.29) is 0 Å². The molecule has 0 saturated heterocycles. The van der Waals surface area contributed by atoms with Crippen LogP contribution < -0.4 is 4.72 Å². The fourth-order valence-corrected chi connectivity index (χ4v) is 3.51. The molecule has 1 N–H and O–H groups in total. The highest BCUT2D eigenvalue weighted by molar-refractivity contribution is 7.94. The zero-order chi connectivity index (χ0) is 11.6. The van der Waals surface area contributed by atoms with Gasteiger partial charge in [-0.1, -0.05) is 0 Å². The SMILES string of the molecule is Cc1ccc(S(=O)(=O)Nc2cccnc2)s1. The number of nitrogens with one attached hydrogen (secondary N) is 1. The van der Waals surface area contributed by atoms with Gasteiger partial charge in [0.05, 0.1) is 11.9 Å². The maximum absolute atomic E-state index is 11.9. The summed E-state index contributed by atoms with van der Waals surface area (Å²) in [4.78, 5) is 4.81. The molecule has 2 aromatic heterocycles. The molecule has 0 aliphatic heterocycles. The van der Waals surface area contributed by atoms with Crippen molar-refractivity contribution >= 4 is 27.0 Å². The van der Waals surface area contributed by atoms with Gasteiger partial charge in [-0.25, -0.2) is 8.42 Å². The molecule has 0 spiro atoms. The van der Waals surface area contributed by atoms with Crippen LogP contribution in [0.5, 0.6) is 0 Å². The lowest BCUT2D eigenvalue weighted by atomic mass is 10.4. The molecule has 6 heteroatoms. The Morgan fingerprint density at radius 3 is 2.69 bits per heavy atom. The molecule has 0 aliphatic carbocycles. The van der Waals surface area contributed by atoms with Crippen LogP contribution in [0.3, 0.4) is 0 Å². The summed E-state index contributed by atoms with van der Waals surface area (Å²) >= 11 is 1.24. The third kappa shape index (κ3) is 2.40. The summed E-state index contributed by atoms with van der Waals surface area (Å²) in [5.41, 5.74) is 0.466. The van der Waals surface area contributed by atoms with Crippen molar-refractivity contribution in [2.45, 2.75) is 11.1 Å². The highest BCUT2D eigenvalue weighted by Gasteiger charge is 2.15. The van der Waals surface area contributed by atoms with E-state index in [0.717, 1.165) is 4.88 Å². The highest BCUT2D eigenvalue weighted by Crippen LogP contribution is 2.22. The minimum atomic E-state index is -3.46. The second kappa shape index (κ2) is 4.23. The predicted octanol–water partition coefficient (Wildman–Crippen LogP) is 2.25. The molecule has 0 amide bonds. The summed E-state index contributed by atoms with van der Waals surface area (Å²) in [6.45, 7) is 1.87. The van der Waals surface area contributed by atoms with E-state index in [1.165, 1.54) is 17.5 Å². The van der Waals surface area contributed by atoms with Crippen molar-refractivity contribution in [3.8, 4) is 0 Å². The minimum Gasteiger partial charge on any atom is -0.277 e. The van der Waals surface area contributed by atoms with Crippen LogP contribution in [-0.2, 0) is 10.0 Å². The lowest BCUT2D eigenvalue weighted by molar-refractivity contribution is 0.603. The highest BCUT2D eigenvalue weighted by atomic mass is 32.2. The molecule has 0 atom stereocenters. The molecule has 84 valence electrons. The first kappa shape index (κ1) is 11.1. The van der Waals surface area contributed by atoms with Gasteiger partial charge >= 0.3 is 0 Å². The van der Waals surface area contributed by atoms with Crippen LogP contribution in [0.4, 0.5) is 5.69 Å². The molecule has 0 radical (unpaired) electrons. The van der Waals surface area contributed by atoms with Crippen molar-refractivity contribution in [1.29, 1.82) is 0 Å². The minimum absolute atomic E-state index is 0.314. The van der Waals surface area contributed by atoms with E-state index >= 15 is 0 Å². The summed E-state index contributed by atoms with van der Waals surface area (Å²) in [6, 6.07) is 6.71. The van der Waals surface area contributed by atoms with Crippen molar-refractivity contribution in [2.75, 3.05) is 4.72 Å². The van der Waals surface area contributed by atoms with Gasteiger partial charge in [0.25, 0.3) is 10.0 Å². The Kier molecular flexibility index (Phi) is 2.93. The van der Waals surface area contributed by atoms with Gasteiger partial charge in [-0.05, 0) is 31.2 Å². The van der Waals surface area contributed by atoms with Gasteiger partial charge in [-0.15, -0.1) is 11.3 Å². The second-order valence-electron chi connectivity index (χ2n) is 3.21. The Labute approximate surface area is 98.0 Å². The Morgan fingerprint density at radius 2 is 2.12 bits per heavy atom. The normalized spacial score (nSPS) is 11.3. The molecule has 0 bridgehead atoms. The maximum Gasteiger partial charge on any atom is 0.271 e. The molecule has 2 rings (SSSR count). The van der Waals surface area contributed by atoms with Gasteiger partial charge in [0, 0.05) is 11.1 Å². The van der Waals surface area contributed by atoms with Crippen molar-refractivity contribution in [1.82, 2.24) is 4.98 Å². The van der Waals surface area contributed by atoms with E-state index in [0.29, 0.717) is 9.90 Å². The molecule has 0 unspecified atom stereocenters. The number of aromatic nitrogens is 1. The zero-order valence-corrected chi connectivity index (χ0v) is 10.2. The van der Waals surface area contributed by atoms with Gasteiger partial charge in [-0.3, -0.25) is 9.71 Å². The zero-order valence-electron chi connectivity index (χ0n) is 8.54. The molecular weight excluding hydrogens is 244 g/mol. The van der Waals surface area contributed by atoms with Crippen LogP contribution in [0, 0.1) is 6.92 Å². The monoisotopic (exact) mass is 254 g/mol. The largest absolute Gasteiger partial charge is 0.277 e. The Hall–Kier alpha value is -1.40. The average molecular weight is 254 g/mol. The molecule has 0 aliphatic rings. The number of rotatable bonds is 3. The fraction of sp³-hybridized carbons (Fsp3) is 0.100. The van der Waals surface area contributed by atoms with Gasteiger partial charge in [0.2, 0.25) is 0 Å². The lowest BCUT2D eigenvalue weighted by Crippen LogP contribution is -2.11. The number of thiophene rings is 1. The number of anilines is 1. The lowest BCUT2D eigenvalue weighted by Gasteiger charge is -2.04. The molecule has 2 aromatic rings. The fourth-order valence-electron chi connectivity index (χ4n) is 1.19. The van der Waals surface area contributed by atoms with Crippen molar-refractivity contribution in [2.24, 2.45) is 0 Å². The van der Waals surface area contributed by atoms with Crippen molar-refractivity contribution < 1.29 is 8.42 Å². The standard InChI is InChI=1S/C10H10N2O2S2/c1-8-4-5-10(15-8)16(13,14)12-9-3-2-6-11-7-9/h2-7,12H,1H3. The molecule has 4 nitrogen and oxygen atoms in total. The summed E-state index contributed by atoms with van der Waals surface area (Å²) in [7, 11) is -3.46. The number of hydrogen-bond acceptors (Lipinski definition) is 4. The first-order valence-electron chi connectivity index (χ1n) is 4.57. The van der Waals surface area contributed by atoms with E-state index < -0.39 is 10.0 Å². The summed E-state index contributed by atoms with van der Waals surface area (Å²) in [5, 5.41) is 0. The number of sulfonamides is 1. The smallest absolute Gasteiger partial charge is 0.271 e. The molecule has 2 heterocycles. The van der Waals surface area contributed by atoms with Crippen LogP contribution >= 0.6 is 11.3 Å². The Morgan fingerprint density at radius 1 is 1.31 bits per heavy atom. The van der Waals surface area contributed by atoms with E-state index in [1.54, 1.807) is 30.5 Å². The number of pyridine rings is 1. The van der Waals surface area contributed by atoms with Crippen molar-refractivity contribution in [3.05, 3.63) is 41.5 Å². The quantitative estimate of drug-likeness (QED) is 0.914. The van der Waals surface area contributed by atoms with Crippen LogP contribution in [0.25, 0.3) is 0 Å². The molecular formula is C10H10N2O2S2.